The lowest BCUT2D eigenvalue weighted by Gasteiger charge is -2.17. The molecule has 0 aliphatic rings. The first-order valence-corrected chi connectivity index (χ1v) is 6.27. The van der Waals surface area contributed by atoms with E-state index in [2.05, 4.69) is 12.2 Å². The molecule has 5 nitrogen and oxygen atoms in total. The highest BCUT2D eigenvalue weighted by Crippen LogP contribution is 2.44. The summed E-state index contributed by atoms with van der Waals surface area (Å²) in [6.07, 6.45) is 1.02. The summed E-state index contributed by atoms with van der Waals surface area (Å²) in [6, 6.07) is 0. The van der Waals surface area contributed by atoms with Gasteiger partial charge in [0.25, 0.3) is 5.91 Å². The van der Waals surface area contributed by atoms with E-state index >= 15 is 0 Å². The smallest absolute Gasteiger partial charge is 0.263 e. The highest BCUT2D eigenvalue weighted by Gasteiger charge is 2.22. The largest absolute Gasteiger partial charge is 0.492 e. The number of ether oxygens (including phenoxy) is 1. The fraction of sp³-hybridized carbons (Fsp3) is 0.545. The van der Waals surface area contributed by atoms with Gasteiger partial charge in [0.1, 0.15) is 15.6 Å². The van der Waals surface area contributed by atoms with Gasteiger partial charge in [0, 0.05) is 20.6 Å². The third-order valence-electron chi connectivity index (χ3n) is 2.43. The Bertz CT molecular complexity index is 404. The number of nitrogens with two attached hydrogens (primary N) is 1. The fourth-order valence-corrected chi connectivity index (χ4v) is 2.71. The maximum absolute atomic E-state index is 11.6. The van der Waals surface area contributed by atoms with Crippen molar-refractivity contribution < 1.29 is 9.53 Å². The minimum Gasteiger partial charge on any atom is -0.492 e. The van der Waals surface area contributed by atoms with E-state index in [1.54, 1.807) is 14.2 Å². The van der Waals surface area contributed by atoms with E-state index in [1.807, 2.05) is 11.9 Å². The molecule has 0 atom stereocenters. The molecule has 3 N–H and O–H groups in total. The van der Waals surface area contributed by atoms with E-state index in [1.165, 1.54) is 11.3 Å². The average Bonchev–Trinajstić information content (AvgIpc) is 2.65. The number of methoxy groups -OCH3 is 1. The molecule has 1 rings (SSSR count). The molecule has 6 heteroatoms. The van der Waals surface area contributed by atoms with E-state index in [-0.39, 0.29) is 5.91 Å². The molecule has 96 valence electrons. The lowest BCUT2D eigenvalue weighted by Crippen LogP contribution is -2.17. The summed E-state index contributed by atoms with van der Waals surface area (Å²) < 4.78 is 5.28. The molecule has 0 spiro atoms. The van der Waals surface area contributed by atoms with Crippen LogP contribution in [0.5, 0.6) is 5.75 Å². The molecule has 1 amide bonds. The Morgan fingerprint density at radius 2 is 2.24 bits per heavy atom. The Kier molecular flexibility index (Phi) is 4.62. The van der Waals surface area contributed by atoms with Gasteiger partial charge in [-0.25, -0.2) is 0 Å². The van der Waals surface area contributed by atoms with Crippen molar-refractivity contribution in [2.45, 2.75) is 13.3 Å². The van der Waals surface area contributed by atoms with Crippen molar-refractivity contribution in [3.8, 4) is 5.75 Å². The van der Waals surface area contributed by atoms with Crippen molar-refractivity contribution in [2.75, 3.05) is 38.4 Å². The van der Waals surface area contributed by atoms with Gasteiger partial charge in [0.05, 0.1) is 7.11 Å². The standard InChI is InChI=1S/C11H19N3O2S/c1-5-6-14(3)11-8(16-4)7(12)9(17-11)10(15)13-2/h5-6,12H2,1-4H3,(H,13,15). The Morgan fingerprint density at radius 3 is 2.71 bits per heavy atom. The Hall–Kier alpha value is -1.43. The third kappa shape index (κ3) is 2.63. The zero-order valence-electron chi connectivity index (χ0n) is 10.7. The molecule has 0 saturated carbocycles. The van der Waals surface area contributed by atoms with Gasteiger partial charge in [-0.2, -0.15) is 0 Å². The van der Waals surface area contributed by atoms with Crippen LogP contribution in [0.25, 0.3) is 0 Å². The zero-order chi connectivity index (χ0) is 13.0. The number of carbonyl (C=O) groups excluding carboxylic acids is 1. The van der Waals surface area contributed by atoms with E-state index < -0.39 is 0 Å². The van der Waals surface area contributed by atoms with Crippen LogP contribution >= 0.6 is 11.3 Å². The summed E-state index contributed by atoms with van der Waals surface area (Å²) >= 11 is 1.36. The number of nitrogen functional groups attached to an aromatic ring is 1. The van der Waals surface area contributed by atoms with Crippen LogP contribution < -0.4 is 20.7 Å². The van der Waals surface area contributed by atoms with Gasteiger partial charge >= 0.3 is 0 Å². The van der Waals surface area contributed by atoms with Gasteiger partial charge < -0.3 is 20.7 Å². The van der Waals surface area contributed by atoms with Gasteiger partial charge in [-0.15, -0.1) is 11.3 Å². The SMILES string of the molecule is CCCN(C)c1sc(C(=O)NC)c(N)c1OC. The molecular weight excluding hydrogens is 238 g/mol. The summed E-state index contributed by atoms with van der Waals surface area (Å²) in [5, 5.41) is 3.47. The molecule has 1 heterocycles. The van der Waals surface area contributed by atoms with Crippen molar-refractivity contribution in [2.24, 2.45) is 0 Å². The Labute approximate surface area is 106 Å². The van der Waals surface area contributed by atoms with E-state index in [0.29, 0.717) is 16.3 Å². The highest BCUT2D eigenvalue weighted by molar-refractivity contribution is 7.19. The van der Waals surface area contributed by atoms with Crippen molar-refractivity contribution in [3.63, 3.8) is 0 Å². The Balaban J connectivity index is 3.17. The van der Waals surface area contributed by atoms with Gasteiger partial charge in [-0.3, -0.25) is 4.79 Å². The van der Waals surface area contributed by atoms with Gasteiger partial charge in [0.2, 0.25) is 0 Å². The fourth-order valence-electron chi connectivity index (χ4n) is 1.58. The second kappa shape index (κ2) is 5.77. The predicted octanol–water partition coefficient (Wildman–Crippen LogP) is 1.54. The van der Waals surface area contributed by atoms with Crippen LogP contribution in [0.2, 0.25) is 0 Å². The first-order chi connectivity index (χ1) is 8.06. The number of hydrogen-bond donors (Lipinski definition) is 2. The van der Waals surface area contributed by atoms with Crippen LogP contribution in [0.15, 0.2) is 0 Å². The molecule has 0 saturated heterocycles. The molecule has 0 fully saturated rings. The average molecular weight is 257 g/mol. The molecule has 0 radical (unpaired) electrons. The van der Waals surface area contributed by atoms with E-state index in [4.69, 9.17) is 10.5 Å². The second-order valence-corrected chi connectivity index (χ2v) is 4.68. The topological polar surface area (TPSA) is 67.6 Å². The van der Waals surface area contributed by atoms with Crippen LogP contribution in [0, 0.1) is 0 Å². The molecule has 0 aliphatic carbocycles. The summed E-state index contributed by atoms with van der Waals surface area (Å²) in [5.41, 5.74) is 6.33. The van der Waals surface area contributed by atoms with E-state index in [9.17, 15) is 4.79 Å². The monoisotopic (exact) mass is 257 g/mol. The summed E-state index contributed by atoms with van der Waals surface area (Å²) in [5.74, 6) is 0.409. The van der Waals surface area contributed by atoms with Gasteiger partial charge in [-0.05, 0) is 6.42 Å². The number of amides is 1. The summed E-state index contributed by atoms with van der Waals surface area (Å²) in [4.78, 5) is 14.2. The molecule has 17 heavy (non-hydrogen) atoms. The molecule has 0 unspecified atom stereocenters. The van der Waals surface area contributed by atoms with Crippen LogP contribution in [0.1, 0.15) is 23.0 Å². The molecule has 0 aromatic carbocycles. The quantitative estimate of drug-likeness (QED) is 0.839. The van der Waals surface area contributed by atoms with Crippen LogP contribution in [0.4, 0.5) is 10.7 Å². The van der Waals surface area contributed by atoms with Gasteiger partial charge in [0.15, 0.2) is 5.75 Å². The number of anilines is 2. The predicted molar refractivity (Wildman–Crippen MR) is 72.2 cm³/mol. The van der Waals surface area contributed by atoms with Crippen LogP contribution in [0.3, 0.4) is 0 Å². The first kappa shape index (κ1) is 13.6. The number of hydrogen-bond acceptors (Lipinski definition) is 5. The second-order valence-electron chi connectivity index (χ2n) is 3.68. The van der Waals surface area contributed by atoms with Crippen molar-refractivity contribution in [1.82, 2.24) is 5.32 Å². The number of nitrogens with one attached hydrogen (secondary N) is 1. The number of thiophene rings is 1. The molecular formula is C11H19N3O2S. The maximum Gasteiger partial charge on any atom is 0.263 e. The number of carbonyl (C=O) groups is 1. The number of nitrogens with zero attached hydrogens (tertiary/aromatic N) is 1. The summed E-state index contributed by atoms with van der Waals surface area (Å²) in [6.45, 7) is 2.99. The Morgan fingerprint density at radius 1 is 1.59 bits per heavy atom. The van der Waals surface area contributed by atoms with Crippen molar-refractivity contribution in [1.29, 1.82) is 0 Å². The maximum atomic E-state index is 11.6. The summed E-state index contributed by atoms with van der Waals surface area (Å²) in [7, 11) is 5.11. The third-order valence-corrected chi connectivity index (χ3v) is 3.73. The lowest BCUT2D eigenvalue weighted by atomic mass is 10.3. The minimum absolute atomic E-state index is 0.179. The van der Waals surface area contributed by atoms with Gasteiger partial charge in [-0.1, -0.05) is 6.92 Å². The van der Waals surface area contributed by atoms with E-state index in [0.717, 1.165) is 18.0 Å². The molecule has 1 aromatic heterocycles. The van der Waals surface area contributed by atoms with Crippen molar-refractivity contribution >= 4 is 27.9 Å². The first-order valence-electron chi connectivity index (χ1n) is 5.46. The highest BCUT2D eigenvalue weighted by atomic mass is 32.1. The van der Waals surface area contributed by atoms with Crippen LogP contribution in [-0.2, 0) is 0 Å². The normalized spacial score (nSPS) is 10.1. The van der Waals surface area contributed by atoms with Crippen LogP contribution in [-0.4, -0.2) is 33.7 Å². The van der Waals surface area contributed by atoms with Crippen molar-refractivity contribution in [3.05, 3.63) is 4.88 Å². The number of rotatable bonds is 5. The molecule has 1 aromatic rings. The molecule has 0 aliphatic heterocycles. The zero-order valence-corrected chi connectivity index (χ0v) is 11.5. The minimum atomic E-state index is -0.179. The molecule has 0 bridgehead atoms. The lowest BCUT2D eigenvalue weighted by molar-refractivity contribution is 0.0967.